The van der Waals surface area contributed by atoms with Crippen LogP contribution in [0.3, 0.4) is 0 Å². The van der Waals surface area contributed by atoms with Gasteiger partial charge < -0.3 is 71.9 Å². The third kappa shape index (κ3) is 18.5. The van der Waals surface area contributed by atoms with Crippen molar-refractivity contribution in [1.29, 1.82) is 0 Å². The molecule has 0 N–H and O–H groups in total. The number of halogens is 4. The Morgan fingerprint density at radius 2 is 0.600 bits per heavy atom. The summed E-state index contributed by atoms with van der Waals surface area (Å²) in [5.41, 5.74) is 0. The molecule has 0 saturated carbocycles. The van der Waals surface area contributed by atoms with Crippen LogP contribution in [0, 0.1) is 0 Å². The van der Waals surface area contributed by atoms with Crippen LogP contribution in [-0.2, 0) is 19.5 Å². The second-order valence-electron chi connectivity index (χ2n) is 0. The summed E-state index contributed by atoms with van der Waals surface area (Å²) >= 11 is 0. The third-order valence-electron chi connectivity index (χ3n) is 0. The molecule has 0 spiro atoms. The number of hydrogen-bond donors (Lipinski definition) is 0. The molecule has 0 amide bonds. The maximum Gasteiger partial charge on any atom is 2.00 e. The quantitative estimate of drug-likeness (QED) is 0.200. The van der Waals surface area contributed by atoms with Gasteiger partial charge in [0.1, 0.15) is 0 Å². The Kier molecular flexibility index (Phi) is 199. The molecular weight excluding hydrogens is 573 g/mol. The summed E-state index contributed by atoms with van der Waals surface area (Å²) in [6.45, 7) is 0. The van der Waals surface area contributed by atoms with Crippen LogP contribution in [0.2, 0.25) is 0 Å². The van der Waals surface area contributed by atoms with Gasteiger partial charge in [0.05, 0.1) is 0 Å². The Bertz CT molecular complexity index is 3.61. The van der Waals surface area contributed by atoms with Gasteiger partial charge in [-0.05, 0) is 0 Å². The van der Waals surface area contributed by atoms with E-state index in [0.29, 0.717) is 0 Å². The Morgan fingerprint density at radius 1 is 0.600 bits per heavy atom. The SMILES string of the molecule is [I+].[I-].[I-].[I-].[Zn+2]. The molecule has 30 valence electrons. The average Bonchev–Trinajstić information content (AvgIpc) is 0. The van der Waals surface area contributed by atoms with Crippen molar-refractivity contribution in [2.75, 3.05) is 0 Å². The zero-order valence-electron chi connectivity index (χ0n) is 2.22. The zero-order chi connectivity index (χ0) is 0. The van der Waals surface area contributed by atoms with Gasteiger partial charge in [0.2, 0.25) is 0 Å². The summed E-state index contributed by atoms with van der Waals surface area (Å²) in [6.07, 6.45) is 0. The van der Waals surface area contributed by atoms with E-state index in [1.54, 1.807) is 0 Å². The molecule has 0 rings (SSSR count). The molecule has 0 unspecified atom stereocenters. The van der Waals surface area contributed by atoms with Crippen LogP contribution in [0.5, 0.6) is 0 Å². The molecule has 0 heterocycles. The second kappa shape index (κ2) is 25.7. The van der Waals surface area contributed by atoms with Crippen molar-refractivity contribution >= 4 is 0 Å². The summed E-state index contributed by atoms with van der Waals surface area (Å²) < 4.78 is 0. The first-order valence-corrected chi connectivity index (χ1v) is 0. The van der Waals surface area contributed by atoms with Crippen molar-refractivity contribution in [1.82, 2.24) is 0 Å². The summed E-state index contributed by atoms with van der Waals surface area (Å²) in [4.78, 5) is 0. The molecule has 0 fully saturated rings. The van der Waals surface area contributed by atoms with Gasteiger partial charge in [-0.15, -0.1) is 0 Å². The van der Waals surface area contributed by atoms with Gasteiger partial charge in [-0.25, -0.2) is 0 Å². The first-order chi connectivity index (χ1) is 0. The standard InChI is InChI=1S/3HI.I.Zn/h3*1H;;/q;;;+1;+2/p-3. The largest absolute Gasteiger partial charge is 2.00 e. The van der Waals surface area contributed by atoms with Crippen LogP contribution in [0.1, 0.15) is 0 Å². The summed E-state index contributed by atoms with van der Waals surface area (Å²) in [6, 6.07) is 0. The predicted molar refractivity (Wildman–Crippen MR) is 0 cm³/mol. The van der Waals surface area contributed by atoms with Gasteiger partial charge >= 0.3 is 43.5 Å². The van der Waals surface area contributed by atoms with Crippen molar-refractivity contribution in [3.05, 3.63) is 0 Å². The second-order valence-corrected chi connectivity index (χ2v) is 0. The van der Waals surface area contributed by atoms with Gasteiger partial charge in [-0.2, -0.15) is 0 Å². The van der Waals surface area contributed by atoms with Crippen LogP contribution in [0.15, 0.2) is 0 Å². The van der Waals surface area contributed by atoms with Crippen molar-refractivity contribution in [2.24, 2.45) is 0 Å². The Morgan fingerprint density at radius 3 is 0.600 bits per heavy atom. The zero-order valence-corrected chi connectivity index (χ0v) is 13.8. The molecule has 0 saturated heterocycles. The minimum atomic E-state index is 0. The minimum Gasteiger partial charge on any atom is -1.00 e. The van der Waals surface area contributed by atoms with E-state index in [0.717, 1.165) is 0 Å². The van der Waals surface area contributed by atoms with E-state index >= 15 is 0 Å². The first-order valence-electron chi connectivity index (χ1n) is 0. The van der Waals surface area contributed by atoms with Crippen molar-refractivity contribution in [3.63, 3.8) is 0 Å². The van der Waals surface area contributed by atoms with Crippen LogP contribution in [-0.4, -0.2) is 0 Å². The predicted octanol–water partition coefficient (Wildman–Crippen LogP) is -12.0. The van der Waals surface area contributed by atoms with E-state index < -0.39 is 0 Å². The van der Waals surface area contributed by atoms with Gasteiger partial charge in [0, 0.05) is 0 Å². The monoisotopic (exact) mass is 572 g/mol. The maximum absolute atomic E-state index is 0. The summed E-state index contributed by atoms with van der Waals surface area (Å²) in [5, 5.41) is 0. The normalized spacial score (nSPS) is 0. The van der Waals surface area contributed by atoms with Gasteiger partial charge in [-0.3, -0.25) is 0 Å². The fourth-order valence-corrected chi connectivity index (χ4v) is 0. The average molecular weight is 573 g/mol. The van der Waals surface area contributed by atoms with Crippen LogP contribution in [0.4, 0.5) is 0 Å². The smallest absolute Gasteiger partial charge is 1.00 e. The van der Waals surface area contributed by atoms with Gasteiger partial charge in [0.25, 0.3) is 0 Å². The molecular formula is I4Zn. The molecule has 0 aromatic heterocycles. The molecule has 0 atom stereocenters. The third-order valence-corrected chi connectivity index (χ3v) is 0. The fraction of sp³-hybridized carbons (Fsp3) is 0. The van der Waals surface area contributed by atoms with Gasteiger partial charge in [0.15, 0.2) is 0 Å². The minimum absolute atomic E-state index is 0. The van der Waals surface area contributed by atoms with Crippen LogP contribution in [0.25, 0.3) is 0 Å². The Hall–Kier alpha value is 3.54. The van der Waals surface area contributed by atoms with Crippen molar-refractivity contribution in [2.45, 2.75) is 0 Å². The maximum atomic E-state index is 0. The van der Waals surface area contributed by atoms with E-state index in [1.807, 2.05) is 0 Å². The Balaban J connectivity index is 0. The van der Waals surface area contributed by atoms with E-state index in [1.165, 1.54) is 0 Å². The van der Waals surface area contributed by atoms with Crippen molar-refractivity contribution < 1.29 is 115 Å². The fourth-order valence-electron chi connectivity index (χ4n) is 0. The summed E-state index contributed by atoms with van der Waals surface area (Å²) in [5.74, 6) is 0. The van der Waals surface area contributed by atoms with Crippen molar-refractivity contribution in [3.8, 4) is 0 Å². The van der Waals surface area contributed by atoms with Gasteiger partial charge in [-0.1, -0.05) is 0 Å². The molecule has 0 aromatic carbocycles. The molecule has 0 aliphatic heterocycles. The first kappa shape index (κ1) is 38.7. The molecule has 0 bridgehead atoms. The Labute approximate surface area is 113 Å². The number of hydrogen-bond acceptors (Lipinski definition) is 0. The number of rotatable bonds is 0. The molecule has 5 heavy (non-hydrogen) atoms. The van der Waals surface area contributed by atoms with Crippen LogP contribution >= 0.6 is 0 Å². The topological polar surface area (TPSA) is 0 Å². The van der Waals surface area contributed by atoms with E-state index in [2.05, 4.69) is 0 Å². The molecule has 5 heteroatoms. The molecule has 0 nitrogen and oxygen atoms in total. The van der Waals surface area contributed by atoms with Crippen LogP contribution < -0.4 is 95.9 Å². The van der Waals surface area contributed by atoms with E-state index in [4.69, 9.17) is 0 Å². The van der Waals surface area contributed by atoms with E-state index in [-0.39, 0.29) is 115 Å². The molecule has 2 radical (unpaired) electrons. The molecule has 0 aliphatic carbocycles. The molecule has 0 aliphatic rings. The molecule has 0 aromatic rings. The summed E-state index contributed by atoms with van der Waals surface area (Å²) in [7, 11) is 0. The van der Waals surface area contributed by atoms with E-state index in [9.17, 15) is 0 Å².